The Labute approximate surface area is 97.8 Å². The first-order chi connectivity index (χ1) is 7.43. The lowest BCUT2D eigenvalue weighted by Crippen LogP contribution is -2.54. The van der Waals surface area contributed by atoms with Crippen LogP contribution in [0.5, 0.6) is 0 Å². The largest absolute Gasteiger partial charge is 0.380 e. The molecule has 1 rings (SSSR count). The second kappa shape index (κ2) is 5.44. The summed E-state index contributed by atoms with van der Waals surface area (Å²) in [4.78, 5) is 0. The van der Waals surface area contributed by atoms with Crippen molar-refractivity contribution in [1.82, 2.24) is 4.72 Å². The quantitative estimate of drug-likeness (QED) is 0.731. The minimum Gasteiger partial charge on any atom is -0.380 e. The molecule has 3 N–H and O–H groups in total. The summed E-state index contributed by atoms with van der Waals surface area (Å²) >= 11 is 0. The van der Waals surface area contributed by atoms with Gasteiger partial charge in [0.2, 0.25) is 10.0 Å². The van der Waals surface area contributed by atoms with Crippen molar-refractivity contribution in [1.29, 1.82) is 0 Å². The second-order valence-electron chi connectivity index (χ2n) is 4.63. The van der Waals surface area contributed by atoms with Gasteiger partial charge < -0.3 is 10.5 Å². The molecule has 0 aromatic rings. The van der Waals surface area contributed by atoms with Crippen molar-refractivity contribution >= 4 is 10.0 Å². The highest BCUT2D eigenvalue weighted by Crippen LogP contribution is 2.20. The molecular weight excluding hydrogens is 228 g/mol. The maximum Gasteiger partial charge on any atom is 0.216 e. The third kappa shape index (κ3) is 3.41. The third-order valence-corrected chi connectivity index (χ3v) is 5.16. The van der Waals surface area contributed by atoms with Crippen LogP contribution in [0.15, 0.2) is 0 Å². The van der Waals surface area contributed by atoms with E-state index >= 15 is 0 Å². The molecule has 96 valence electrons. The number of nitrogens with one attached hydrogen (secondary N) is 1. The molecule has 2 unspecified atom stereocenters. The molecule has 0 bridgehead atoms. The topological polar surface area (TPSA) is 81.4 Å². The Balaban J connectivity index is 2.70. The molecule has 1 saturated heterocycles. The van der Waals surface area contributed by atoms with Crippen LogP contribution in [0.3, 0.4) is 0 Å². The number of rotatable bonds is 5. The first-order valence-electron chi connectivity index (χ1n) is 5.74. The van der Waals surface area contributed by atoms with Crippen LogP contribution in [0, 0.1) is 0 Å². The Morgan fingerprint density at radius 2 is 2.25 bits per heavy atom. The van der Waals surface area contributed by atoms with E-state index < -0.39 is 20.8 Å². The van der Waals surface area contributed by atoms with Crippen molar-refractivity contribution in [2.75, 3.05) is 19.8 Å². The summed E-state index contributed by atoms with van der Waals surface area (Å²) in [6.45, 7) is 5.02. The maximum atomic E-state index is 12.0. The van der Waals surface area contributed by atoms with Gasteiger partial charge in [-0.2, -0.15) is 0 Å². The standard InChI is InChI=1S/C10H22N2O3S/c1-3-9(7-11)16(13,14)12-10(2)5-4-6-15-8-10/h9,12H,3-8,11H2,1-2H3. The Hall–Kier alpha value is -0.170. The fourth-order valence-electron chi connectivity index (χ4n) is 1.95. The molecule has 16 heavy (non-hydrogen) atoms. The molecule has 6 heteroatoms. The van der Waals surface area contributed by atoms with E-state index in [2.05, 4.69) is 4.72 Å². The Bertz CT molecular complexity index is 306. The van der Waals surface area contributed by atoms with Gasteiger partial charge in [-0.3, -0.25) is 0 Å². The van der Waals surface area contributed by atoms with Crippen LogP contribution in [-0.4, -0.2) is 39.0 Å². The van der Waals surface area contributed by atoms with E-state index in [1.54, 1.807) is 0 Å². The highest BCUT2D eigenvalue weighted by molar-refractivity contribution is 7.90. The molecule has 1 fully saturated rings. The first kappa shape index (κ1) is 13.9. The molecule has 0 radical (unpaired) electrons. The highest BCUT2D eigenvalue weighted by Gasteiger charge is 2.34. The third-order valence-electron chi connectivity index (χ3n) is 2.98. The van der Waals surface area contributed by atoms with E-state index in [4.69, 9.17) is 10.5 Å². The van der Waals surface area contributed by atoms with Crippen molar-refractivity contribution in [3.63, 3.8) is 0 Å². The molecule has 1 aliphatic rings. The van der Waals surface area contributed by atoms with Crippen LogP contribution < -0.4 is 10.5 Å². The van der Waals surface area contributed by atoms with E-state index in [1.165, 1.54) is 0 Å². The fourth-order valence-corrected chi connectivity index (χ4v) is 3.66. The zero-order valence-corrected chi connectivity index (χ0v) is 10.8. The summed E-state index contributed by atoms with van der Waals surface area (Å²) in [6.07, 6.45) is 2.23. The lowest BCUT2D eigenvalue weighted by Gasteiger charge is -2.35. The average molecular weight is 250 g/mol. The number of nitrogens with two attached hydrogens (primary N) is 1. The molecular formula is C10H22N2O3S. The predicted molar refractivity (Wildman–Crippen MR) is 63.6 cm³/mol. The maximum absolute atomic E-state index is 12.0. The molecule has 0 amide bonds. The second-order valence-corrected chi connectivity index (χ2v) is 6.59. The Morgan fingerprint density at radius 1 is 1.56 bits per heavy atom. The zero-order chi connectivity index (χ0) is 12.2. The first-order valence-corrected chi connectivity index (χ1v) is 7.29. The molecule has 0 aromatic carbocycles. The molecule has 1 aliphatic heterocycles. The molecule has 0 saturated carbocycles. The summed E-state index contributed by atoms with van der Waals surface area (Å²) in [5.41, 5.74) is 4.99. The van der Waals surface area contributed by atoms with Gasteiger partial charge >= 0.3 is 0 Å². The SMILES string of the molecule is CCC(CN)S(=O)(=O)NC1(C)CCCOC1. The van der Waals surface area contributed by atoms with Gasteiger partial charge in [0.15, 0.2) is 0 Å². The van der Waals surface area contributed by atoms with Crippen LogP contribution in [0.1, 0.15) is 33.1 Å². The average Bonchev–Trinajstić information content (AvgIpc) is 2.18. The summed E-state index contributed by atoms with van der Waals surface area (Å²) < 4.78 is 32.1. The molecule has 5 nitrogen and oxygen atoms in total. The van der Waals surface area contributed by atoms with E-state index in [-0.39, 0.29) is 6.54 Å². The fraction of sp³-hybridized carbons (Fsp3) is 1.00. The van der Waals surface area contributed by atoms with Crippen molar-refractivity contribution in [2.24, 2.45) is 5.73 Å². The van der Waals surface area contributed by atoms with E-state index in [0.717, 1.165) is 12.8 Å². The Morgan fingerprint density at radius 3 is 2.69 bits per heavy atom. The summed E-state index contributed by atoms with van der Waals surface area (Å²) in [7, 11) is -3.34. The number of sulfonamides is 1. The van der Waals surface area contributed by atoms with Crippen LogP contribution in [0.25, 0.3) is 0 Å². The number of ether oxygens (including phenoxy) is 1. The van der Waals surface area contributed by atoms with Gasteiger partial charge in [-0.1, -0.05) is 6.92 Å². The van der Waals surface area contributed by atoms with Gasteiger partial charge in [0, 0.05) is 13.2 Å². The van der Waals surface area contributed by atoms with Crippen molar-refractivity contribution in [3.05, 3.63) is 0 Å². The van der Waals surface area contributed by atoms with Gasteiger partial charge in [-0.25, -0.2) is 13.1 Å². The number of hydrogen-bond donors (Lipinski definition) is 2. The van der Waals surface area contributed by atoms with Gasteiger partial charge in [0.05, 0.1) is 17.4 Å². The van der Waals surface area contributed by atoms with E-state index in [0.29, 0.717) is 19.6 Å². The van der Waals surface area contributed by atoms with Crippen LogP contribution in [0.2, 0.25) is 0 Å². The zero-order valence-electron chi connectivity index (χ0n) is 10.0. The van der Waals surface area contributed by atoms with Crippen LogP contribution >= 0.6 is 0 Å². The minimum absolute atomic E-state index is 0.156. The van der Waals surface area contributed by atoms with Crippen molar-refractivity contribution in [3.8, 4) is 0 Å². The predicted octanol–water partition coefficient (Wildman–Crippen LogP) is 0.212. The minimum atomic E-state index is -3.34. The highest BCUT2D eigenvalue weighted by atomic mass is 32.2. The molecule has 1 heterocycles. The van der Waals surface area contributed by atoms with Gasteiger partial charge in [-0.05, 0) is 26.2 Å². The van der Waals surface area contributed by atoms with Crippen LogP contribution in [-0.2, 0) is 14.8 Å². The lowest BCUT2D eigenvalue weighted by molar-refractivity contribution is 0.0385. The molecule has 0 aliphatic carbocycles. The van der Waals surface area contributed by atoms with Crippen LogP contribution in [0.4, 0.5) is 0 Å². The number of hydrogen-bond acceptors (Lipinski definition) is 4. The smallest absolute Gasteiger partial charge is 0.216 e. The summed E-state index contributed by atoms with van der Waals surface area (Å²) in [5, 5.41) is -0.508. The molecule has 0 spiro atoms. The molecule has 2 atom stereocenters. The lowest BCUT2D eigenvalue weighted by atomic mass is 9.97. The van der Waals surface area contributed by atoms with Gasteiger partial charge in [0.25, 0.3) is 0 Å². The van der Waals surface area contributed by atoms with E-state index in [1.807, 2.05) is 13.8 Å². The van der Waals surface area contributed by atoms with Gasteiger partial charge in [-0.15, -0.1) is 0 Å². The summed E-state index contributed by atoms with van der Waals surface area (Å²) in [6, 6.07) is 0. The normalized spacial score (nSPS) is 28.9. The van der Waals surface area contributed by atoms with Gasteiger partial charge in [0.1, 0.15) is 0 Å². The summed E-state index contributed by atoms with van der Waals surface area (Å²) in [5.74, 6) is 0. The van der Waals surface area contributed by atoms with Crippen molar-refractivity contribution < 1.29 is 13.2 Å². The monoisotopic (exact) mass is 250 g/mol. The van der Waals surface area contributed by atoms with E-state index in [9.17, 15) is 8.42 Å². The Kier molecular flexibility index (Phi) is 4.73. The van der Waals surface area contributed by atoms with Crippen molar-refractivity contribution in [2.45, 2.75) is 43.9 Å². The molecule has 0 aromatic heterocycles.